The molecule has 0 aliphatic rings. The van der Waals surface area contributed by atoms with Gasteiger partial charge in [-0.3, -0.25) is 0 Å². The molecule has 0 N–H and O–H groups in total. The van der Waals surface area contributed by atoms with Crippen LogP contribution < -0.4 is 4.90 Å². The van der Waals surface area contributed by atoms with Crippen molar-refractivity contribution < 1.29 is 0 Å². The summed E-state index contributed by atoms with van der Waals surface area (Å²) < 4.78 is 1.48. The Balaban J connectivity index is 2.50. The first kappa shape index (κ1) is 17.2. The quantitative estimate of drug-likeness (QED) is 0.594. The highest BCUT2D eigenvalue weighted by Gasteiger charge is 2.19. The largest absolute Gasteiger partial charge is 0.416 e. The van der Waals surface area contributed by atoms with Crippen molar-refractivity contribution in [1.82, 2.24) is 9.55 Å². The summed E-state index contributed by atoms with van der Waals surface area (Å²) in [6.07, 6.45) is 0. The maximum Gasteiger partial charge on any atom is 0.416 e. The van der Waals surface area contributed by atoms with Crippen LogP contribution in [0.3, 0.4) is 0 Å². The van der Waals surface area contributed by atoms with E-state index >= 15 is 0 Å². The van der Waals surface area contributed by atoms with Crippen molar-refractivity contribution in [3.05, 3.63) is 45.6 Å². The van der Waals surface area contributed by atoms with Gasteiger partial charge in [0.1, 0.15) is 0 Å². The molecule has 0 atom stereocenters. The minimum atomic E-state index is 0.0495. The van der Waals surface area contributed by atoms with Crippen LogP contribution in [0.25, 0.3) is 9.69 Å². The lowest BCUT2D eigenvalue weighted by Gasteiger charge is -2.21. The predicted octanol–water partition coefficient (Wildman–Crippen LogP) is 4.93. The van der Waals surface area contributed by atoms with Gasteiger partial charge in [-0.2, -0.15) is 0 Å². The summed E-state index contributed by atoms with van der Waals surface area (Å²) in [6.45, 7) is 20.3. The maximum atomic E-state index is 7.14. The average molecular weight is 321 g/mol. The highest BCUT2D eigenvalue weighted by Crippen LogP contribution is 2.35. The Morgan fingerprint density at radius 1 is 1.08 bits per heavy atom. The molecule has 0 amide bonds. The van der Waals surface area contributed by atoms with Crippen molar-refractivity contribution in [2.24, 2.45) is 17.3 Å². The lowest BCUT2D eigenvalue weighted by molar-refractivity contribution is 0.906. The van der Waals surface area contributed by atoms with Crippen LogP contribution >= 0.6 is 0 Å². The number of aromatic nitrogens is 2. The van der Waals surface area contributed by atoms with E-state index in [1.54, 1.807) is 7.05 Å². The van der Waals surface area contributed by atoms with Crippen molar-refractivity contribution in [2.75, 3.05) is 19.0 Å². The standard InChI is InChI=1S/C17H19N7/c1-10-9-13(11(2)12(3)14(10)23(6)7)21-22-17-20-15(18-4)16(19-5)24(17)8/h9H,1-3,6-8H3. The van der Waals surface area contributed by atoms with Crippen LogP contribution in [0, 0.1) is 33.9 Å². The lowest BCUT2D eigenvalue weighted by atomic mass is 10.0. The van der Waals surface area contributed by atoms with Crippen molar-refractivity contribution >= 4 is 29.0 Å². The fourth-order valence-corrected chi connectivity index (χ4v) is 2.69. The van der Waals surface area contributed by atoms with Gasteiger partial charge in [0.15, 0.2) is 0 Å². The maximum absolute atomic E-state index is 7.14. The summed E-state index contributed by atoms with van der Waals surface area (Å²) >= 11 is 0. The third-order valence-electron chi connectivity index (χ3n) is 3.96. The first-order chi connectivity index (χ1) is 11.3. The Morgan fingerprint density at radius 2 is 1.75 bits per heavy atom. The Kier molecular flexibility index (Phi) is 4.66. The monoisotopic (exact) mass is 321 g/mol. The molecule has 0 saturated heterocycles. The fourth-order valence-electron chi connectivity index (χ4n) is 2.69. The number of hydrogen-bond acceptors (Lipinski definition) is 4. The van der Waals surface area contributed by atoms with Gasteiger partial charge in [0.05, 0.1) is 12.7 Å². The minimum absolute atomic E-state index is 0.0495. The number of rotatable bonds is 3. The smallest absolute Gasteiger partial charge is 0.377 e. The molecular weight excluding hydrogens is 302 g/mol. The van der Waals surface area contributed by atoms with Gasteiger partial charge >= 0.3 is 5.95 Å². The number of nitrogens with zero attached hydrogens (tertiary/aromatic N) is 7. The fraction of sp³-hybridized carbons (Fsp3) is 0.353. The molecule has 2 aromatic rings. The van der Waals surface area contributed by atoms with E-state index in [1.807, 2.05) is 34.0 Å². The molecule has 0 radical (unpaired) electrons. The zero-order valence-corrected chi connectivity index (χ0v) is 14.7. The SMILES string of the molecule is [C-]#[N+]c1nc(N=Nc2cc(C)c(N(C)C)c(C)c2C)n(C)c1[N+]#[C-]. The van der Waals surface area contributed by atoms with E-state index in [4.69, 9.17) is 13.1 Å². The van der Waals surface area contributed by atoms with Crippen molar-refractivity contribution in [2.45, 2.75) is 20.8 Å². The number of benzene rings is 1. The predicted molar refractivity (Wildman–Crippen MR) is 94.9 cm³/mol. The van der Waals surface area contributed by atoms with Gasteiger partial charge in [-0.25, -0.2) is 4.57 Å². The summed E-state index contributed by atoms with van der Waals surface area (Å²) in [5.41, 5.74) is 5.23. The zero-order chi connectivity index (χ0) is 18.0. The Morgan fingerprint density at radius 3 is 2.25 bits per heavy atom. The van der Waals surface area contributed by atoms with Crippen LogP contribution in [0.2, 0.25) is 0 Å². The van der Waals surface area contributed by atoms with Crippen LogP contribution in [0.15, 0.2) is 16.3 Å². The normalized spacial score (nSPS) is 10.7. The molecule has 122 valence electrons. The van der Waals surface area contributed by atoms with Gasteiger partial charge in [0.25, 0.3) is 11.6 Å². The average Bonchev–Trinajstić information content (AvgIpc) is 2.84. The van der Waals surface area contributed by atoms with Gasteiger partial charge in [-0.05, 0) is 43.5 Å². The van der Waals surface area contributed by atoms with E-state index in [2.05, 4.69) is 36.7 Å². The molecule has 1 aromatic heterocycles. The highest BCUT2D eigenvalue weighted by molar-refractivity contribution is 5.68. The molecule has 1 heterocycles. The molecule has 7 nitrogen and oxygen atoms in total. The summed E-state index contributed by atoms with van der Waals surface area (Å²) in [4.78, 5) is 12.7. The first-order valence-electron chi connectivity index (χ1n) is 7.33. The molecule has 0 unspecified atom stereocenters. The van der Waals surface area contributed by atoms with Gasteiger partial charge in [-0.1, -0.05) is 23.2 Å². The van der Waals surface area contributed by atoms with E-state index in [0.29, 0.717) is 0 Å². The number of azo groups is 1. The molecule has 7 heteroatoms. The first-order valence-corrected chi connectivity index (χ1v) is 7.33. The number of aryl methyl sites for hydroxylation is 1. The molecule has 0 aliphatic carbocycles. The number of anilines is 1. The third-order valence-corrected chi connectivity index (χ3v) is 3.96. The lowest BCUT2D eigenvalue weighted by Crippen LogP contribution is -2.12. The number of imidazole rings is 1. The van der Waals surface area contributed by atoms with Crippen molar-refractivity contribution in [3.8, 4) is 0 Å². The molecule has 24 heavy (non-hydrogen) atoms. The summed E-state index contributed by atoms with van der Waals surface area (Å²) in [5, 5.41) is 8.45. The van der Waals surface area contributed by atoms with Crippen LogP contribution in [-0.2, 0) is 7.05 Å². The van der Waals surface area contributed by atoms with Crippen LogP contribution in [0.5, 0.6) is 0 Å². The minimum Gasteiger partial charge on any atom is -0.377 e. The second kappa shape index (κ2) is 6.51. The van der Waals surface area contributed by atoms with Crippen LogP contribution in [-0.4, -0.2) is 23.6 Å². The molecular formula is C17H19N7. The van der Waals surface area contributed by atoms with E-state index in [0.717, 1.165) is 22.4 Å². The molecule has 1 aromatic carbocycles. The molecule has 2 rings (SSSR count). The van der Waals surface area contributed by atoms with Crippen molar-refractivity contribution in [3.63, 3.8) is 0 Å². The summed E-state index contributed by atoms with van der Waals surface area (Å²) in [6, 6.07) is 1.98. The van der Waals surface area contributed by atoms with Crippen LogP contribution in [0.1, 0.15) is 16.7 Å². The topological polar surface area (TPSA) is 54.5 Å². The van der Waals surface area contributed by atoms with E-state index in [1.165, 1.54) is 10.3 Å². The van der Waals surface area contributed by atoms with E-state index < -0.39 is 0 Å². The molecule has 0 aliphatic heterocycles. The zero-order valence-electron chi connectivity index (χ0n) is 14.7. The van der Waals surface area contributed by atoms with E-state index in [-0.39, 0.29) is 17.6 Å². The molecule has 0 spiro atoms. The van der Waals surface area contributed by atoms with E-state index in [9.17, 15) is 0 Å². The third kappa shape index (κ3) is 2.84. The van der Waals surface area contributed by atoms with Crippen molar-refractivity contribution in [1.29, 1.82) is 0 Å². The Bertz CT molecular complexity index is 905. The second-order valence-corrected chi connectivity index (χ2v) is 5.75. The summed E-state index contributed by atoms with van der Waals surface area (Å²) in [5.74, 6) is 0.470. The molecule has 0 saturated carbocycles. The second-order valence-electron chi connectivity index (χ2n) is 5.75. The number of hydrogen-bond donors (Lipinski definition) is 0. The highest BCUT2D eigenvalue weighted by atomic mass is 15.3. The van der Waals surface area contributed by atoms with Gasteiger partial charge in [-0.15, -0.1) is 5.11 Å². The van der Waals surface area contributed by atoms with Gasteiger partial charge < -0.3 is 14.6 Å². The Labute approximate surface area is 141 Å². The summed E-state index contributed by atoms with van der Waals surface area (Å²) in [7, 11) is 5.69. The van der Waals surface area contributed by atoms with Gasteiger partial charge in [0.2, 0.25) is 0 Å². The molecule has 0 bridgehead atoms. The molecule has 0 fully saturated rings. The van der Waals surface area contributed by atoms with Gasteiger partial charge in [0, 0.05) is 19.8 Å². The Hall–Kier alpha value is -3.19. The van der Waals surface area contributed by atoms with Crippen LogP contribution in [0.4, 0.5) is 29.0 Å².